The van der Waals surface area contributed by atoms with Crippen LogP contribution in [0.2, 0.25) is 0 Å². The van der Waals surface area contributed by atoms with Gasteiger partial charge in [0.05, 0.1) is 12.5 Å². The molecular weight excluding hydrogens is 296 g/mol. The summed E-state index contributed by atoms with van der Waals surface area (Å²) in [6.07, 6.45) is 3.07. The molecule has 1 aromatic heterocycles. The smallest absolute Gasteiger partial charge is 0.311 e. The highest BCUT2D eigenvalue weighted by Crippen LogP contribution is 2.43. The number of methoxy groups -OCH3 is 1. The second kappa shape index (κ2) is 6.31. The maximum atomic E-state index is 12.0. The van der Waals surface area contributed by atoms with Gasteiger partial charge in [0, 0.05) is 38.2 Å². The van der Waals surface area contributed by atoms with E-state index in [-0.39, 0.29) is 5.92 Å². The highest BCUT2D eigenvalue weighted by Gasteiger charge is 2.53. The molecule has 23 heavy (non-hydrogen) atoms. The number of anilines is 1. The number of carbonyl (C=O) groups is 1. The molecule has 2 aliphatic rings. The maximum absolute atomic E-state index is 12.0. The molecular formula is C16H24N4O3. The molecule has 7 nitrogen and oxygen atoms in total. The van der Waals surface area contributed by atoms with Crippen molar-refractivity contribution < 1.29 is 14.6 Å². The summed E-state index contributed by atoms with van der Waals surface area (Å²) in [6, 6.07) is 1.82. The van der Waals surface area contributed by atoms with Crippen molar-refractivity contribution in [2.75, 3.05) is 44.7 Å². The number of carboxylic acids is 1. The average molecular weight is 320 g/mol. The Morgan fingerprint density at radius 1 is 1.48 bits per heavy atom. The zero-order valence-electron chi connectivity index (χ0n) is 13.7. The first-order valence-electron chi connectivity index (χ1n) is 8.16. The number of carboxylic acid groups (broad SMARTS) is 1. The molecule has 3 heterocycles. The van der Waals surface area contributed by atoms with E-state index in [1.807, 2.05) is 6.07 Å². The van der Waals surface area contributed by atoms with Crippen LogP contribution in [-0.4, -0.2) is 65.8 Å². The Hall–Kier alpha value is -1.89. The average Bonchev–Trinajstić information content (AvgIpc) is 2.83. The topological polar surface area (TPSA) is 78.8 Å². The van der Waals surface area contributed by atoms with Crippen molar-refractivity contribution in [2.24, 2.45) is 11.3 Å². The van der Waals surface area contributed by atoms with E-state index in [0.717, 1.165) is 38.3 Å². The van der Waals surface area contributed by atoms with Gasteiger partial charge in [-0.05, 0) is 19.4 Å². The highest BCUT2D eigenvalue weighted by molar-refractivity contribution is 5.76. The lowest BCUT2D eigenvalue weighted by Gasteiger charge is -2.30. The number of fused-ring (bicyclic) bond motifs is 1. The summed E-state index contributed by atoms with van der Waals surface area (Å²) in [6.45, 7) is 6.01. The van der Waals surface area contributed by atoms with Gasteiger partial charge in [0.25, 0.3) is 0 Å². The van der Waals surface area contributed by atoms with Gasteiger partial charge in [0.15, 0.2) is 0 Å². The second-order valence-electron chi connectivity index (χ2n) is 6.45. The van der Waals surface area contributed by atoms with Crippen LogP contribution in [-0.2, 0) is 4.79 Å². The van der Waals surface area contributed by atoms with Gasteiger partial charge in [0.1, 0.15) is 12.1 Å². The van der Waals surface area contributed by atoms with Gasteiger partial charge in [0.2, 0.25) is 5.88 Å². The fraction of sp³-hybridized carbons (Fsp3) is 0.688. The Morgan fingerprint density at radius 3 is 3.00 bits per heavy atom. The zero-order valence-corrected chi connectivity index (χ0v) is 13.7. The Bertz CT molecular complexity index is 582. The molecule has 2 saturated heterocycles. The first-order chi connectivity index (χ1) is 11.1. The number of rotatable bonds is 4. The molecule has 1 N–H and O–H groups in total. The lowest BCUT2D eigenvalue weighted by atomic mass is 9.75. The van der Waals surface area contributed by atoms with E-state index in [1.54, 1.807) is 7.11 Å². The molecule has 1 aromatic rings. The SMILES string of the molecule is CCN1C[C@H]2CN(c3cc(OC)ncn3)CCC[C@@]2(C(=O)O)C1. The third kappa shape index (κ3) is 2.85. The van der Waals surface area contributed by atoms with Crippen LogP contribution in [0.25, 0.3) is 0 Å². The monoisotopic (exact) mass is 320 g/mol. The summed E-state index contributed by atoms with van der Waals surface area (Å²) < 4.78 is 5.18. The van der Waals surface area contributed by atoms with Crippen LogP contribution in [0.4, 0.5) is 5.82 Å². The summed E-state index contributed by atoms with van der Waals surface area (Å²) in [5.74, 6) is 0.808. The molecule has 2 atom stereocenters. The van der Waals surface area contributed by atoms with Crippen LogP contribution in [0.1, 0.15) is 19.8 Å². The lowest BCUT2D eigenvalue weighted by molar-refractivity contribution is -0.150. The Morgan fingerprint density at radius 2 is 2.30 bits per heavy atom. The minimum atomic E-state index is -0.652. The number of aromatic nitrogens is 2. The first-order valence-corrected chi connectivity index (χ1v) is 8.16. The number of hydrogen-bond donors (Lipinski definition) is 1. The summed E-state index contributed by atoms with van der Waals surface area (Å²) in [5.41, 5.74) is -0.623. The fourth-order valence-electron chi connectivity index (χ4n) is 3.95. The van der Waals surface area contributed by atoms with E-state index >= 15 is 0 Å². The minimum Gasteiger partial charge on any atom is -0.481 e. The molecule has 0 aromatic carbocycles. The molecule has 0 aliphatic carbocycles. The molecule has 126 valence electrons. The van der Waals surface area contributed by atoms with Gasteiger partial charge in [-0.3, -0.25) is 4.79 Å². The largest absolute Gasteiger partial charge is 0.481 e. The summed E-state index contributed by atoms with van der Waals surface area (Å²) >= 11 is 0. The normalized spacial score (nSPS) is 28.3. The number of nitrogens with zero attached hydrogens (tertiary/aromatic N) is 4. The Kier molecular flexibility index (Phi) is 4.39. The second-order valence-corrected chi connectivity index (χ2v) is 6.45. The van der Waals surface area contributed by atoms with Gasteiger partial charge in [-0.25, -0.2) is 9.97 Å². The van der Waals surface area contributed by atoms with Crippen molar-refractivity contribution in [1.29, 1.82) is 0 Å². The first kappa shape index (κ1) is 16.0. The number of likely N-dealkylation sites (tertiary alicyclic amines) is 1. The van der Waals surface area contributed by atoms with Crippen molar-refractivity contribution in [1.82, 2.24) is 14.9 Å². The molecule has 0 saturated carbocycles. The van der Waals surface area contributed by atoms with Crippen molar-refractivity contribution in [3.05, 3.63) is 12.4 Å². The van der Waals surface area contributed by atoms with Crippen LogP contribution in [0.5, 0.6) is 5.88 Å². The Labute approximate surface area is 136 Å². The lowest BCUT2D eigenvalue weighted by Crippen LogP contribution is -2.41. The third-order valence-electron chi connectivity index (χ3n) is 5.29. The quantitative estimate of drug-likeness (QED) is 0.890. The Balaban J connectivity index is 1.86. The van der Waals surface area contributed by atoms with Crippen molar-refractivity contribution in [3.8, 4) is 5.88 Å². The van der Waals surface area contributed by atoms with Crippen LogP contribution < -0.4 is 9.64 Å². The molecule has 0 unspecified atom stereocenters. The van der Waals surface area contributed by atoms with Crippen LogP contribution in [0, 0.1) is 11.3 Å². The minimum absolute atomic E-state index is 0.114. The molecule has 0 bridgehead atoms. The predicted octanol–water partition coefficient (Wildman–Crippen LogP) is 1.11. The molecule has 2 fully saturated rings. The van der Waals surface area contributed by atoms with Gasteiger partial charge in [-0.15, -0.1) is 0 Å². The van der Waals surface area contributed by atoms with Crippen molar-refractivity contribution >= 4 is 11.8 Å². The van der Waals surface area contributed by atoms with Gasteiger partial charge in [-0.2, -0.15) is 0 Å². The third-order valence-corrected chi connectivity index (χ3v) is 5.29. The maximum Gasteiger partial charge on any atom is 0.311 e. The van der Waals surface area contributed by atoms with Gasteiger partial charge >= 0.3 is 5.97 Å². The number of aliphatic carboxylic acids is 1. The molecule has 0 amide bonds. The van der Waals surface area contributed by atoms with Crippen LogP contribution in [0.15, 0.2) is 12.4 Å². The fourth-order valence-corrected chi connectivity index (χ4v) is 3.95. The van der Waals surface area contributed by atoms with Crippen molar-refractivity contribution in [2.45, 2.75) is 19.8 Å². The van der Waals surface area contributed by atoms with E-state index < -0.39 is 11.4 Å². The van der Waals surface area contributed by atoms with E-state index in [0.29, 0.717) is 19.0 Å². The molecule has 0 spiro atoms. The van der Waals surface area contributed by atoms with E-state index in [1.165, 1.54) is 6.33 Å². The van der Waals surface area contributed by atoms with Crippen LogP contribution in [0.3, 0.4) is 0 Å². The zero-order chi connectivity index (χ0) is 16.4. The summed E-state index contributed by atoms with van der Waals surface area (Å²) in [5, 5.41) is 9.89. The molecule has 2 aliphatic heterocycles. The number of hydrogen-bond acceptors (Lipinski definition) is 6. The van der Waals surface area contributed by atoms with Gasteiger partial charge < -0.3 is 19.6 Å². The molecule has 7 heteroatoms. The van der Waals surface area contributed by atoms with E-state index in [9.17, 15) is 9.90 Å². The van der Waals surface area contributed by atoms with E-state index in [4.69, 9.17) is 4.74 Å². The summed E-state index contributed by atoms with van der Waals surface area (Å²) in [4.78, 5) is 24.9. The predicted molar refractivity (Wildman–Crippen MR) is 85.7 cm³/mol. The number of ether oxygens (including phenoxy) is 1. The van der Waals surface area contributed by atoms with Crippen LogP contribution >= 0.6 is 0 Å². The summed E-state index contributed by atoms with van der Waals surface area (Å²) in [7, 11) is 1.58. The van der Waals surface area contributed by atoms with E-state index in [2.05, 4.69) is 26.7 Å². The highest BCUT2D eigenvalue weighted by atomic mass is 16.5. The van der Waals surface area contributed by atoms with Crippen molar-refractivity contribution in [3.63, 3.8) is 0 Å². The molecule has 0 radical (unpaired) electrons. The van der Waals surface area contributed by atoms with Gasteiger partial charge in [-0.1, -0.05) is 6.92 Å². The molecule has 3 rings (SSSR count). The standard InChI is InChI=1S/C16H24N4O3/c1-3-19-8-12-9-20(13-7-14(23-2)18-11-17-13)6-4-5-16(12,10-19)15(21)22/h7,11-12H,3-6,8-10H2,1-2H3,(H,21,22)/t12-,16+/m0/s1.